The maximum absolute atomic E-state index is 11.3. The normalized spacial score (nSPS) is 11.9. The molecule has 0 unspecified atom stereocenters. The largest absolute Gasteiger partial charge is 0.478 e. The number of benzene rings is 2. The molecule has 1 N–H and O–H groups in total. The fraction of sp³-hybridized carbons (Fsp3) is 0.133. The van der Waals surface area contributed by atoms with Gasteiger partial charge in [-0.3, -0.25) is 0 Å². The van der Waals surface area contributed by atoms with E-state index in [2.05, 4.69) is 0 Å². The van der Waals surface area contributed by atoms with E-state index >= 15 is 0 Å². The highest BCUT2D eigenvalue weighted by molar-refractivity contribution is 6.30. The maximum atomic E-state index is 11.3. The molecule has 0 spiro atoms. The molecule has 0 amide bonds. The lowest BCUT2D eigenvalue weighted by molar-refractivity contribution is -0.145. The quantitative estimate of drug-likeness (QED) is 0.905. The van der Waals surface area contributed by atoms with Gasteiger partial charge in [-0.1, -0.05) is 41.4 Å². The van der Waals surface area contributed by atoms with E-state index in [0.717, 1.165) is 5.56 Å². The van der Waals surface area contributed by atoms with E-state index in [1.165, 1.54) is 0 Å². The summed E-state index contributed by atoms with van der Waals surface area (Å²) in [4.78, 5) is 11.3. The van der Waals surface area contributed by atoms with Gasteiger partial charge in [-0.2, -0.15) is 0 Å². The predicted octanol–water partition coefficient (Wildman–Crippen LogP) is 4.07. The number of hydrogen-bond donors (Lipinski definition) is 1. The van der Waals surface area contributed by atoms with Gasteiger partial charge in [0.05, 0.1) is 0 Å². The zero-order valence-electron chi connectivity index (χ0n) is 10.4. The maximum Gasteiger partial charge on any atom is 0.345 e. The minimum atomic E-state index is -1.03. The number of carboxylic acid groups (broad SMARTS) is 1. The molecule has 0 bridgehead atoms. The molecule has 0 aromatic heterocycles. The lowest BCUT2D eigenvalue weighted by atomic mass is 10.1. The van der Waals surface area contributed by atoms with Crippen molar-refractivity contribution in [1.82, 2.24) is 0 Å². The number of carboxylic acids is 1. The first-order valence-corrected chi connectivity index (χ1v) is 6.69. The number of carbonyl (C=O) groups is 1. The highest BCUT2D eigenvalue weighted by Gasteiger charge is 2.20. The number of ether oxygens (including phenoxy) is 1. The molecule has 2 rings (SSSR count). The van der Waals surface area contributed by atoms with Crippen molar-refractivity contribution in [3.63, 3.8) is 0 Å². The summed E-state index contributed by atoms with van der Waals surface area (Å²) in [6, 6.07) is 13.6. The van der Waals surface area contributed by atoms with Crippen molar-refractivity contribution >= 4 is 29.2 Å². The van der Waals surface area contributed by atoms with Gasteiger partial charge in [-0.25, -0.2) is 4.79 Å². The van der Waals surface area contributed by atoms with Gasteiger partial charge in [0.2, 0.25) is 0 Å². The van der Waals surface area contributed by atoms with Gasteiger partial charge in [0.25, 0.3) is 0 Å². The molecule has 1 atom stereocenters. The van der Waals surface area contributed by atoms with E-state index in [0.29, 0.717) is 15.8 Å². The van der Waals surface area contributed by atoms with Gasteiger partial charge in [-0.15, -0.1) is 0 Å². The van der Waals surface area contributed by atoms with Crippen LogP contribution in [0.15, 0.2) is 48.5 Å². The summed E-state index contributed by atoms with van der Waals surface area (Å²) >= 11 is 11.6. The first kappa shape index (κ1) is 14.7. The van der Waals surface area contributed by atoms with Crippen LogP contribution in [0, 0.1) is 0 Å². The lowest BCUT2D eigenvalue weighted by Crippen LogP contribution is -2.29. The van der Waals surface area contributed by atoms with Gasteiger partial charge >= 0.3 is 5.97 Å². The highest BCUT2D eigenvalue weighted by Crippen LogP contribution is 2.20. The van der Waals surface area contributed by atoms with Crippen molar-refractivity contribution in [2.75, 3.05) is 0 Å². The SMILES string of the molecule is O=C(O)[C@H](Cc1ccc(Cl)cc1)Oc1cccc(Cl)c1. The van der Waals surface area contributed by atoms with Crippen LogP contribution in [0.3, 0.4) is 0 Å². The van der Waals surface area contributed by atoms with E-state index < -0.39 is 12.1 Å². The Morgan fingerprint density at radius 2 is 1.80 bits per heavy atom. The summed E-state index contributed by atoms with van der Waals surface area (Å²) in [5, 5.41) is 10.3. The van der Waals surface area contributed by atoms with E-state index in [1.807, 2.05) is 0 Å². The molecule has 0 aliphatic rings. The van der Waals surface area contributed by atoms with E-state index in [4.69, 9.17) is 27.9 Å². The van der Waals surface area contributed by atoms with Gasteiger partial charge in [0.15, 0.2) is 6.10 Å². The molecule has 2 aromatic rings. The van der Waals surface area contributed by atoms with Crippen molar-refractivity contribution < 1.29 is 14.6 Å². The standard InChI is InChI=1S/C15H12Cl2O3/c16-11-6-4-10(5-7-11)8-14(15(18)19)20-13-3-1-2-12(17)9-13/h1-7,9,14H,8H2,(H,18,19)/t14-/m0/s1. The first-order valence-electron chi connectivity index (χ1n) is 5.94. The number of rotatable bonds is 5. The Balaban J connectivity index is 2.11. The Hall–Kier alpha value is -1.71. The first-order chi connectivity index (χ1) is 9.54. The summed E-state index contributed by atoms with van der Waals surface area (Å²) in [5.74, 6) is -0.598. The predicted molar refractivity (Wildman–Crippen MR) is 78.7 cm³/mol. The van der Waals surface area contributed by atoms with Crippen LogP contribution in [-0.4, -0.2) is 17.2 Å². The van der Waals surface area contributed by atoms with Gasteiger partial charge in [0, 0.05) is 16.5 Å². The molecule has 3 nitrogen and oxygen atoms in total. The van der Waals surface area contributed by atoms with Crippen molar-refractivity contribution in [2.45, 2.75) is 12.5 Å². The van der Waals surface area contributed by atoms with Crippen LogP contribution in [0.5, 0.6) is 5.75 Å². The second-order valence-corrected chi connectivity index (χ2v) is 5.11. The summed E-state index contributed by atoms with van der Waals surface area (Å²) in [5.41, 5.74) is 0.837. The fourth-order valence-electron chi connectivity index (χ4n) is 1.72. The molecule has 0 radical (unpaired) electrons. The van der Waals surface area contributed by atoms with E-state index in [1.54, 1.807) is 48.5 Å². The number of halogens is 2. The van der Waals surface area contributed by atoms with Crippen LogP contribution < -0.4 is 4.74 Å². The van der Waals surface area contributed by atoms with Crippen LogP contribution in [-0.2, 0) is 11.2 Å². The molecule has 20 heavy (non-hydrogen) atoms. The van der Waals surface area contributed by atoms with Crippen LogP contribution in [0.2, 0.25) is 10.0 Å². The monoisotopic (exact) mass is 310 g/mol. The van der Waals surface area contributed by atoms with Crippen molar-refractivity contribution in [2.24, 2.45) is 0 Å². The second kappa shape index (κ2) is 6.64. The molecule has 104 valence electrons. The Kier molecular flexibility index (Phi) is 4.88. The summed E-state index contributed by atoms with van der Waals surface area (Å²) in [6.07, 6.45) is -0.728. The average Bonchev–Trinajstić information content (AvgIpc) is 2.40. The Bertz CT molecular complexity index is 596. The topological polar surface area (TPSA) is 46.5 Å². The summed E-state index contributed by atoms with van der Waals surface area (Å²) < 4.78 is 5.47. The molecule has 0 fully saturated rings. The van der Waals surface area contributed by atoms with Crippen molar-refractivity contribution in [1.29, 1.82) is 0 Å². The van der Waals surface area contributed by atoms with Crippen LogP contribution in [0.1, 0.15) is 5.56 Å². The molecule has 0 aliphatic carbocycles. The molecule has 2 aromatic carbocycles. The van der Waals surface area contributed by atoms with Crippen LogP contribution in [0.4, 0.5) is 0 Å². The minimum Gasteiger partial charge on any atom is -0.478 e. The molecule has 0 saturated heterocycles. The number of aliphatic carboxylic acids is 1. The van der Waals surface area contributed by atoms with Gasteiger partial charge in [-0.05, 0) is 35.9 Å². The Labute approximate surface area is 126 Å². The smallest absolute Gasteiger partial charge is 0.345 e. The number of hydrogen-bond acceptors (Lipinski definition) is 2. The zero-order chi connectivity index (χ0) is 14.5. The van der Waals surface area contributed by atoms with Crippen molar-refractivity contribution in [3.05, 3.63) is 64.1 Å². The second-order valence-electron chi connectivity index (χ2n) is 4.23. The van der Waals surface area contributed by atoms with E-state index in [9.17, 15) is 9.90 Å². The summed E-state index contributed by atoms with van der Waals surface area (Å²) in [7, 11) is 0. The summed E-state index contributed by atoms with van der Waals surface area (Å²) in [6.45, 7) is 0. The molecule has 0 aliphatic heterocycles. The third kappa shape index (κ3) is 4.15. The third-order valence-corrected chi connectivity index (χ3v) is 3.17. The zero-order valence-corrected chi connectivity index (χ0v) is 11.9. The van der Waals surface area contributed by atoms with E-state index in [-0.39, 0.29) is 6.42 Å². The Morgan fingerprint density at radius 3 is 2.40 bits per heavy atom. The molecule has 0 heterocycles. The third-order valence-electron chi connectivity index (χ3n) is 2.68. The molecule has 0 saturated carbocycles. The fourth-order valence-corrected chi connectivity index (χ4v) is 2.02. The highest BCUT2D eigenvalue weighted by atomic mass is 35.5. The molecular weight excluding hydrogens is 299 g/mol. The molecule has 5 heteroatoms. The molecular formula is C15H12Cl2O3. The minimum absolute atomic E-state index is 0.249. The lowest BCUT2D eigenvalue weighted by Gasteiger charge is -2.15. The van der Waals surface area contributed by atoms with Crippen LogP contribution in [0.25, 0.3) is 0 Å². The average molecular weight is 311 g/mol. The Morgan fingerprint density at radius 1 is 1.10 bits per heavy atom. The van der Waals surface area contributed by atoms with Crippen LogP contribution >= 0.6 is 23.2 Å². The van der Waals surface area contributed by atoms with Crippen molar-refractivity contribution in [3.8, 4) is 5.75 Å². The van der Waals surface area contributed by atoms with Gasteiger partial charge in [0.1, 0.15) is 5.75 Å². The van der Waals surface area contributed by atoms with Gasteiger partial charge < -0.3 is 9.84 Å².